The average Bonchev–Trinajstić information content (AvgIpc) is 2.95. The molecule has 18 heavy (non-hydrogen) atoms. The van der Waals surface area contributed by atoms with Gasteiger partial charge in [-0.15, -0.1) is 5.10 Å². The quantitative estimate of drug-likeness (QED) is 0.822. The Balaban J connectivity index is 1.75. The number of nitrogens with one attached hydrogen (secondary N) is 1. The van der Waals surface area contributed by atoms with E-state index in [9.17, 15) is 0 Å². The first-order valence-electron chi connectivity index (χ1n) is 6.20. The first kappa shape index (κ1) is 12.8. The van der Waals surface area contributed by atoms with E-state index in [1.165, 1.54) is 0 Å². The van der Waals surface area contributed by atoms with Crippen LogP contribution in [0.15, 0.2) is 29.0 Å². The van der Waals surface area contributed by atoms with Gasteiger partial charge in [0.15, 0.2) is 0 Å². The lowest BCUT2D eigenvalue weighted by Crippen LogP contribution is -2.22. The minimum absolute atomic E-state index is 0.0145. The molecule has 0 amide bonds. The molecule has 98 valence electrons. The molecule has 1 N–H and O–H groups in total. The van der Waals surface area contributed by atoms with Crippen molar-refractivity contribution < 1.29 is 4.42 Å². The molecule has 2 rings (SSSR count). The van der Waals surface area contributed by atoms with Gasteiger partial charge < -0.3 is 9.73 Å². The second-order valence-electron chi connectivity index (χ2n) is 5.33. The SMILES string of the molecule is CC(C)(C)n1cc(CNCCc2ccco2)nn1. The first-order chi connectivity index (χ1) is 8.55. The summed E-state index contributed by atoms with van der Waals surface area (Å²) in [4.78, 5) is 0. The Morgan fingerprint density at radius 1 is 1.39 bits per heavy atom. The molecule has 2 aromatic rings. The van der Waals surface area contributed by atoms with Crippen molar-refractivity contribution in [3.63, 3.8) is 0 Å². The van der Waals surface area contributed by atoms with Gasteiger partial charge in [-0.25, -0.2) is 4.68 Å². The van der Waals surface area contributed by atoms with Crippen molar-refractivity contribution in [2.45, 2.75) is 39.3 Å². The fourth-order valence-corrected chi connectivity index (χ4v) is 1.59. The van der Waals surface area contributed by atoms with Crippen LogP contribution in [0.25, 0.3) is 0 Å². The van der Waals surface area contributed by atoms with Gasteiger partial charge in [0.05, 0.1) is 23.7 Å². The van der Waals surface area contributed by atoms with Gasteiger partial charge in [-0.3, -0.25) is 0 Å². The Kier molecular flexibility index (Phi) is 3.81. The lowest BCUT2D eigenvalue weighted by atomic mass is 10.1. The van der Waals surface area contributed by atoms with Gasteiger partial charge in [-0.2, -0.15) is 0 Å². The predicted molar refractivity (Wildman–Crippen MR) is 69.1 cm³/mol. The van der Waals surface area contributed by atoms with Crippen LogP contribution in [0.1, 0.15) is 32.2 Å². The highest BCUT2D eigenvalue weighted by molar-refractivity contribution is 4.99. The lowest BCUT2D eigenvalue weighted by molar-refractivity contribution is 0.347. The maximum Gasteiger partial charge on any atom is 0.105 e. The molecule has 0 aliphatic rings. The molecule has 0 unspecified atom stereocenters. The van der Waals surface area contributed by atoms with Crippen LogP contribution in [0.2, 0.25) is 0 Å². The Labute approximate surface area is 107 Å². The fourth-order valence-electron chi connectivity index (χ4n) is 1.59. The molecule has 2 aromatic heterocycles. The van der Waals surface area contributed by atoms with Gasteiger partial charge in [-0.05, 0) is 32.9 Å². The van der Waals surface area contributed by atoms with E-state index in [4.69, 9.17) is 4.42 Å². The number of aromatic nitrogens is 3. The van der Waals surface area contributed by atoms with Crippen LogP contribution in [0.4, 0.5) is 0 Å². The molecule has 0 aliphatic heterocycles. The van der Waals surface area contributed by atoms with Crippen molar-refractivity contribution >= 4 is 0 Å². The summed E-state index contributed by atoms with van der Waals surface area (Å²) in [6.07, 6.45) is 4.57. The Morgan fingerprint density at radius 3 is 2.83 bits per heavy atom. The second kappa shape index (κ2) is 5.35. The third-order valence-corrected chi connectivity index (χ3v) is 2.66. The lowest BCUT2D eigenvalue weighted by Gasteiger charge is -2.17. The third kappa shape index (κ3) is 3.43. The topological polar surface area (TPSA) is 55.9 Å². The van der Waals surface area contributed by atoms with Gasteiger partial charge in [0.1, 0.15) is 5.76 Å². The largest absolute Gasteiger partial charge is 0.469 e. The minimum Gasteiger partial charge on any atom is -0.469 e. The van der Waals surface area contributed by atoms with Crippen LogP contribution in [0.3, 0.4) is 0 Å². The highest BCUT2D eigenvalue weighted by Gasteiger charge is 2.14. The molecule has 0 aliphatic carbocycles. The van der Waals surface area contributed by atoms with E-state index in [0.29, 0.717) is 0 Å². The minimum atomic E-state index is -0.0145. The van der Waals surface area contributed by atoms with Crippen molar-refractivity contribution in [3.05, 3.63) is 36.0 Å². The fraction of sp³-hybridized carbons (Fsp3) is 0.538. The van der Waals surface area contributed by atoms with Crippen LogP contribution in [-0.4, -0.2) is 21.5 Å². The smallest absolute Gasteiger partial charge is 0.105 e. The molecule has 0 fully saturated rings. The maximum absolute atomic E-state index is 5.26. The summed E-state index contributed by atoms with van der Waals surface area (Å²) in [5.74, 6) is 1.00. The van der Waals surface area contributed by atoms with E-state index in [1.54, 1.807) is 6.26 Å². The van der Waals surface area contributed by atoms with Crippen LogP contribution < -0.4 is 5.32 Å². The van der Waals surface area contributed by atoms with Crippen molar-refractivity contribution in [2.24, 2.45) is 0 Å². The Hall–Kier alpha value is -1.62. The number of hydrogen-bond acceptors (Lipinski definition) is 4. The van der Waals surface area contributed by atoms with Crippen molar-refractivity contribution in [2.75, 3.05) is 6.54 Å². The summed E-state index contributed by atoms with van der Waals surface area (Å²) >= 11 is 0. The zero-order valence-electron chi connectivity index (χ0n) is 11.2. The second-order valence-corrected chi connectivity index (χ2v) is 5.33. The van der Waals surface area contributed by atoms with Gasteiger partial charge >= 0.3 is 0 Å². The molecule has 0 spiro atoms. The highest BCUT2D eigenvalue weighted by Crippen LogP contribution is 2.11. The zero-order chi connectivity index (χ0) is 13.0. The van der Waals surface area contributed by atoms with E-state index in [2.05, 4.69) is 36.4 Å². The molecule has 0 bridgehead atoms. The van der Waals surface area contributed by atoms with E-state index in [1.807, 2.05) is 23.0 Å². The number of nitrogens with zero attached hydrogens (tertiary/aromatic N) is 3. The Morgan fingerprint density at radius 2 is 2.22 bits per heavy atom. The van der Waals surface area contributed by atoms with E-state index >= 15 is 0 Å². The molecule has 5 nitrogen and oxygen atoms in total. The molecule has 0 atom stereocenters. The van der Waals surface area contributed by atoms with Crippen LogP contribution in [0.5, 0.6) is 0 Å². The third-order valence-electron chi connectivity index (χ3n) is 2.66. The molecule has 2 heterocycles. The average molecular weight is 248 g/mol. The number of rotatable bonds is 5. The van der Waals surface area contributed by atoms with Crippen LogP contribution in [-0.2, 0) is 18.5 Å². The van der Waals surface area contributed by atoms with E-state index < -0.39 is 0 Å². The number of hydrogen-bond donors (Lipinski definition) is 1. The highest BCUT2D eigenvalue weighted by atomic mass is 16.3. The summed E-state index contributed by atoms with van der Waals surface area (Å²) in [5.41, 5.74) is 0.948. The summed E-state index contributed by atoms with van der Waals surface area (Å²) in [7, 11) is 0. The van der Waals surface area contributed by atoms with Crippen molar-refractivity contribution in [3.8, 4) is 0 Å². The van der Waals surface area contributed by atoms with Crippen molar-refractivity contribution in [1.29, 1.82) is 0 Å². The van der Waals surface area contributed by atoms with Gasteiger partial charge in [0.2, 0.25) is 0 Å². The van der Waals surface area contributed by atoms with Gasteiger partial charge in [0, 0.05) is 19.5 Å². The maximum atomic E-state index is 5.26. The monoisotopic (exact) mass is 248 g/mol. The normalized spacial score (nSPS) is 11.9. The summed E-state index contributed by atoms with van der Waals surface area (Å²) in [6.45, 7) is 7.92. The first-order valence-corrected chi connectivity index (χ1v) is 6.20. The van der Waals surface area contributed by atoms with Gasteiger partial charge in [-0.1, -0.05) is 5.21 Å². The zero-order valence-corrected chi connectivity index (χ0v) is 11.2. The molecule has 0 aromatic carbocycles. The van der Waals surface area contributed by atoms with Crippen molar-refractivity contribution in [1.82, 2.24) is 20.3 Å². The van der Waals surface area contributed by atoms with Crippen LogP contribution in [0, 0.1) is 0 Å². The molecule has 0 saturated heterocycles. The molecule has 0 radical (unpaired) electrons. The predicted octanol–water partition coefficient (Wildman–Crippen LogP) is 1.96. The molecular weight excluding hydrogens is 228 g/mol. The van der Waals surface area contributed by atoms with Gasteiger partial charge in [0.25, 0.3) is 0 Å². The van der Waals surface area contributed by atoms with E-state index in [0.717, 1.165) is 31.0 Å². The summed E-state index contributed by atoms with van der Waals surface area (Å²) < 4.78 is 7.15. The standard InChI is InChI=1S/C13H20N4O/c1-13(2,3)17-10-11(15-16-17)9-14-7-6-12-5-4-8-18-12/h4-5,8,10,14H,6-7,9H2,1-3H3. The molecular formula is C13H20N4O. The van der Waals surface area contributed by atoms with Crippen LogP contribution >= 0.6 is 0 Å². The van der Waals surface area contributed by atoms with E-state index in [-0.39, 0.29) is 5.54 Å². The molecule has 5 heteroatoms. The summed E-state index contributed by atoms with van der Waals surface area (Å²) in [5, 5.41) is 11.6. The molecule has 0 saturated carbocycles. The Bertz CT molecular complexity index is 467. The number of furan rings is 1. The summed E-state index contributed by atoms with van der Waals surface area (Å²) in [6, 6.07) is 3.89.